The Labute approximate surface area is 170 Å². The molecule has 6 nitrogen and oxygen atoms in total. The van der Waals surface area contributed by atoms with Gasteiger partial charge in [-0.05, 0) is 43.2 Å². The summed E-state index contributed by atoms with van der Waals surface area (Å²) < 4.78 is 5.30. The summed E-state index contributed by atoms with van der Waals surface area (Å²) in [5.74, 6) is 0.392. The molecule has 1 fully saturated rings. The first-order chi connectivity index (χ1) is 13.5. The Morgan fingerprint density at radius 1 is 1.14 bits per heavy atom. The van der Waals surface area contributed by atoms with Gasteiger partial charge in [-0.2, -0.15) is 0 Å². The topological polar surface area (TPSA) is 62.7 Å². The van der Waals surface area contributed by atoms with Gasteiger partial charge in [0, 0.05) is 37.4 Å². The van der Waals surface area contributed by atoms with Crippen LogP contribution in [0.2, 0.25) is 5.02 Å². The lowest BCUT2D eigenvalue weighted by molar-refractivity contribution is -0.130. The van der Waals surface area contributed by atoms with Gasteiger partial charge in [-0.15, -0.1) is 0 Å². The molecule has 0 bridgehead atoms. The van der Waals surface area contributed by atoms with E-state index in [0.29, 0.717) is 42.5 Å². The number of carbonyl (C=O) groups excluding carboxylic acids is 2. The van der Waals surface area contributed by atoms with Gasteiger partial charge in [-0.3, -0.25) is 14.6 Å². The molecule has 0 unspecified atom stereocenters. The fraction of sp³-hybridized carbons (Fsp3) is 0.381. The Balaban J connectivity index is 1.65. The molecule has 1 aromatic carbocycles. The van der Waals surface area contributed by atoms with Gasteiger partial charge in [0.1, 0.15) is 5.75 Å². The van der Waals surface area contributed by atoms with E-state index in [1.54, 1.807) is 29.3 Å². The third kappa shape index (κ3) is 4.62. The van der Waals surface area contributed by atoms with Crippen molar-refractivity contribution >= 4 is 23.4 Å². The van der Waals surface area contributed by atoms with Crippen molar-refractivity contribution in [2.45, 2.75) is 19.8 Å². The maximum atomic E-state index is 12.9. The van der Waals surface area contributed by atoms with Gasteiger partial charge < -0.3 is 14.5 Å². The lowest BCUT2D eigenvalue weighted by Crippen LogP contribution is -2.38. The number of hydrogen-bond donors (Lipinski definition) is 0. The summed E-state index contributed by atoms with van der Waals surface area (Å²) in [7, 11) is 1.52. The highest BCUT2D eigenvalue weighted by atomic mass is 35.5. The number of benzene rings is 1. The van der Waals surface area contributed by atoms with Crippen molar-refractivity contribution in [3.8, 4) is 5.75 Å². The van der Waals surface area contributed by atoms with Gasteiger partial charge in [0.2, 0.25) is 5.91 Å². The second-order valence-corrected chi connectivity index (χ2v) is 7.25. The molecule has 28 heavy (non-hydrogen) atoms. The molecule has 0 saturated carbocycles. The number of pyridine rings is 1. The van der Waals surface area contributed by atoms with Gasteiger partial charge in [-0.1, -0.05) is 17.7 Å². The van der Waals surface area contributed by atoms with E-state index < -0.39 is 0 Å². The molecular weight excluding hydrogens is 378 g/mol. The quantitative estimate of drug-likeness (QED) is 0.790. The van der Waals surface area contributed by atoms with Crippen LogP contribution in [-0.4, -0.2) is 59.9 Å². The lowest BCUT2D eigenvalue weighted by atomic mass is 10.1. The molecule has 148 valence electrons. The van der Waals surface area contributed by atoms with Crippen LogP contribution in [0.25, 0.3) is 0 Å². The number of nitrogens with zero attached hydrogens (tertiary/aromatic N) is 3. The highest BCUT2D eigenvalue weighted by molar-refractivity contribution is 6.30. The summed E-state index contributed by atoms with van der Waals surface area (Å²) in [6, 6.07) is 8.82. The fourth-order valence-corrected chi connectivity index (χ4v) is 3.50. The number of aromatic nitrogens is 1. The van der Waals surface area contributed by atoms with E-state index in [9.17, 15) is 9.59 Å². The average Bonchev–Trinajstić information content (AvgIpc) is 2.95. The van der Waals surface area contributed by atoms with Crippen molar-refractivity contribution in [3.05, 3.63) is 58.4 Å². The van der Waals surface area contributed by atoms with E-state index in [1.165, 1.54) is 7.11 Å². The standard InChI is InChI=1S/C21H24ClN3O3/c1-15-5-3-8-23-18(15)14-20(26)24-9-4-10-25(12-11-24)21(27)17-7-6-16(22)13-19(17)28-2/h3,5-8,13H,4,9-12,14H2,1-2H3. The maximum absolute atomic E-state index is 12.9. The minimum Gasteiger partial charge on any atom is -0.496 e. The zero-order valence-electron chi connectivity index (χ0n) is 16.2. The first-order valence-corrected chi connectivity index (χ1v) is 9.68. The van der Waals surface area contributed by atoms with Gasteiger partial charge in [0.25, 0.3) is 5.91 Å². The summed E-state index contributed by atoms with van der Waals surface area (Å²) in [5, 5.41) is 0.519. The molecular formula is C21H24ClN3O3. The monoisotopic (exact) mass is 401 g/mol. The van der Waals surface area contributed by atoms with Gasteiger partial charge >= 0.3 is 0 Å². The second kappa shape index (κ2) is 9.06. The molecule has 0 radical (unpaired) electrons. The first-order valence-electron chi connectivity index (χ1n) is 9.30. The third-order valence-corrected chi connectivity index (χ3v) is 5.20. The van der Waals surface area contributed by atoms with Crippen LogP contribution in [0.1, 0.15) is 28.0 Å². The van der Waals surface area contributed by atoms with Crippen LogP contribution in [-0.2, 0) is 11.2 Å². The lowest BCUT2D eigenvalue weighted by Gasteiger charge is -2.23. The Bertz CT molecular complexity index is 872. The van der Waals surface area contributed by atoms with E-state index in [-0.39, 0.29) is 18.2 Å². The Morgan fingerprint density at radius 2 is 1.89 bits per heavy atom. The fourth-order valence-electron chi connectivity index (χ4n) is 3.34. The van der Waals surface area contributed by atoms with Crippen LogP contribution in [0, 0.1) is 6.92 Å². The Kier molecular flexibility index (Phi) is 6.52. The number of hydrogen-bond acceptors (Lipinski definition) is 4. The SMILES string of the molecule is COc1cc(Cl)ccc1C(=O)N1CCCN(C(=O)Cc2ncccc2C)CC1. The highest BCUT2D eigenvalue weighted by Gasteiger charge is 2.25. The van der Waals surface area contributed by atoms with E-state index in [0.717, 1.165) is 17.7 Å². The Morgan fingerprint density at radius 3 is 2.64 bits per heavy atom. The molecule has 7 heteroatoms. The van der Waals surface area contributed by atoms with Crippen LogP contribution in [0.15, 0.2) is 36.5 Å². The molecule has 1 aliphatic heterocycles. The van der Waals surface area contributed by atoms with Crippen molar-refractivity contribution in [2.75, 3.05) is 33.3 Å². The normalized spacial score (nSPS) is 14.5. The van der Waals surface area contributed by atoms with Crippen LogP contribution < -0.4 is 4.74 Å². The third-order valence-electron chi connectivity index (χ3n) is 4.97. The Hall–Kier alpha value is -2.60. The van der Waals surface area contributed by atoms with Crippen LogP contribution >= 0.6 is 11.6 Å². The van der Waals surface area contributed by atoms with Gasteiger partial charge in [0.05, 0.1) is 24.8 Å². The summed E-state index contributed by atoms with van der Waals surface area (Å²) in [6.07, 6.45) is 2.72. The minimum atomic E-state index is -0.108. The van der Waals surface area contributed by atoms with E-state index in [1.807, 2.05) is 24.0 Å². The number of amides is 2. The highest BCUT2D eigenvalue weighted by Crippen LogP contribution is 2.25. The van der Waals surface area contributed by atoms with Crippen LogP contribution in [0.4, 0.5) is 0 Å². The average molecular weight is 402 g/mol. The van der Waals surface area contributed by atoms with Crippen molar-refractivity contribution in [1.29, 1.82) is 0 Å². The number of methoxy groups -OCH3 is 1. The number of aryl methyl sites for hydroxylation is 1. The van der Waals surface area contributed by atoms with Crippen molar-refractivity contribution in [2.24, 2.45) is 0 Å². The summed E-state index contributed by atoms with van der Waals surface area (Å²) in [6.45, 7) is 4.17. The molecule has 1 aliphatic rings. The molecule has 2 aromatic rings. The summed E-state index contributed by atoms with van der Waals surface area (Å²) in [4.78, 5) is 33.5. The summed E-state index contributed by atoms with van der Waals surface area (Å²) >= 11 is 5.99. The zero-order valence-corrected chi connectivity index (χ0v) is 16.9. The van der Waals surface area contributed by atoms with Crippen LogP contribution in [0.5, 0.6) is 5.75 Å². The van der Waals surface area contributed by atoms with Gasteiger partial charge in [0.15, 0.2) is 0 Å². The smallest absolute Gasteiger partial charge is 0.257 e. The molecule has 1 aromatic heterocycles. The predicted molar refractivity (Wildman–Crippen MR) is 108 cm³/mol. The van der Waals surface area contributed by atoms with Crippen molar-refractivity contribution in [3.63, 3.8) is 0 Å². The number of rotatable bonds is 4. The zero-order chi connectivity index (χ0) is 20.1. The molecule has 0 spiro atoms. The van der Waals surface area contributed by atoms with Crippen molar-refractivity contribution < 1.29 is 14.3 Å². The molecule has 3 rings (SSSR count). The van der Waals surface area contributed by atoms with E-state index in [4.69, 9.17) is 16.3 Å². The van der Waals surface area contributed by atoms with Crippen molar-refractivity contribution in [1.82, 2.24) is 14.8 Å². The second-order valence-electron chi connectivity index (χ2n) is 6.81. The predicted octanol–water partition coefficient (Wildman–Crippen LogP) is 2.97. The molecule has 2 heterocycles. The number of ether oxygens (including phenoxy) is 1. The molecule has 0 aliphatic carbocycles. The summed E-state index contributed by atoms with van der Waals surface area (Å²) in [5.41, 5.74) is 2.30. The maximum Gasteiger partial charge on any atom is 0.257 e. The molecule has 0 N–H and O–H groups in total. The molecule has 0 atom stereocenters. The van der Waals surface area contributed by atoms with Crippen LogP contribution in [0.3, 0.4) is 0 Å². The molecule has 2 amide bonds. The van der Waals surface area contributed by atoms with E-state index >= 15 is 0 Å². The minimum absolute atomic E-state index is 0.0418. The van der Waals surface area contributed by atoms with E-state index in [2.05, 4.69) is 4.98 Å². The largest absolute Gasteiger partial charge is 0.496 e. The number of carbonyl (C=O) groups is 2. The first kappa shape index (κ1) is 20.1. The number of halogens is 1. The van der Waals surface area contributed by atoms with Gasteiger partial charge in [-0.25, -0.2) is 0 Å². The molecule has 1 saturated heterocycles.